The highest BCUT2D eigenvalue weighted by molar-refractivity contribution is 7.99. The highest BCUT2D eigenvalue weighted by atomic mass is 32.2. The average Bonchev–Trinajstić information content (AvgIpc) is 3.10. The van der Waals surface area contributed by atoms with E-state index >= 15 is 0 Å². The van der Waals surface area contributed by atoms with E-state index in [1.165, 1.54) is 23.1 Å². The zero-order valence-corrected chi connectivity index (χ0v) is 18.6. The van der Waals surface area contributed by atoms with E-state index in [1.807, 2.05) is 75.4 Å². The van der Waals surface area contributed by atoms with Gasteiger partial charge in [0, 0.05) is 10.6 Å². The summed E-state index contributed by atoms with van der Waals surface area (Å²) in [5, 5.41) is 4.11. The summed E-state index contributed by atoms with van der Waals surface area (Å²) in [6.07, 6.45) is 0. The van der Waals surface area contributed by atoms with Crippen LogP contribution in [0.2, 0.25) is 0 Å². The van der Waals surface area contributed by atoms with Crippen molar-refractivity contribution in [3.05, 3.63) is 81.0 Å². The summed E-state index contributed by atoms with van der Waals surface area (Å²) in [7, 11) is 0. The summed E-state index contributed by atoms with van der Waals surface area (Å²) in [5.74, 6) is 0.0248. The number of thiophene rings is 1. The minimum atomic E-state index is -0.131. The molecule has 2 heterocycles. The van der Waals surface area contributed by atoms with Crippen LogP contribution in [0.15, 0.2) is 64.5 Å². The van der Waals surface area contributed by atoms with E-state index in [4.69, 9.17) is 4.98 Å². The molecule has 0 radical (unpaired) electrons. The lowest BCUT2D eigenvalue weighted by Gasteiger charge is -2.13. The second-order valence-corrected chi connectivity index (χ2v) is 9.23. The fourth-order valence-corrected chi connectivity index (χ4v) is 5.03. The maximum atomic E-state index is 13.2. The van der Waals surface area contributed by atoms with Crippen LogP contribution < -0.4 is 10.9 Å². The minimum Gasteiger partial charge on any atom is -0.325 e. The number of benzene rings is 2. The van der Waals surface area contributed by atoms with E-state index in [0.717, 1.165) is 27.4 Å². The van der Waals surface area contributed by atoms with Crippen LogP contribution in [-0.2, 0) is 4.79 Å². The predicted octanol–water partition coefficient (Wildman–Crippen LogP) is 5.10. The van der Waals surface area contributed by atoms with Gasteiger partial charge in [0.15, 0.2) is 5.16 Å². The van der Waals surface area contributed by atoms with Gasteiger partial charge in [0.1, 0.15) is 4.83 Å². The Balaban J connectivity index is 1.66. The molecule has 0 aliphatic rings. The number of para-hydroxylation sites is 2. The third kappa shape index (κ3) is 4.04. The van der Waals surface area contributed by atoms with E-state index in [0.29, 0.717) is 15.4 Å². The number of amides is 1. The van der Waals surface area contributed by atoms with Gasteiger partial charge in [-0.3, -0.25) is 14.2 Å². The smallest absolute Gasteiger partial charge is 0.267 e. The van der Waals surface area contributed by atoms with Crippen molar-refractivity contribution in [2.45, 2.75) is 25.9 Å². The van der Waals surface area contributed by atoms with Gasteiger partial charge in [-0.05, 0) is 50.1 Å². The molecule has 0 atom stereocenters. The van der Waals surface area contributed by atoms with E-state index in [-0.39, 0.29) is 17.2 Å². The fraction of sp³-hybridized carbons (Fsp3) is 0.174. The Morgan fingerprint density at radius 3 is 2.47 bits per heavy atom. The number of carbonyl (C=O) groups is 1. The van der Waals surface area contributed by atoms with Crippen LogP contribution in [0.1, 0.15) is 16.0 Å². The molecule has 0 aliphatic carbocycles. The molecule has 0 saturated carbocycles. The molecule has 1 N–H and O–H groups in total. The highest BCUT2D eigenvalue weighted by Gasteiger charge is 2.17. The average molecular weight is 436 g/mol. The van der Waals surface area contributed by atoms with Gasteiger partial charge in [-0.2, -0.15) is 0 Å². The third-order valence-electron chi connectivity index (χ3n) is 4.75. The number of carbonyl (C=O) groups excluding carboxylic acids is 1. The fourth-order valence-electron chi connectivity index (χ4n) is 3.30. The van der Waals surface area contributed by atoms with Gasteiger partial charge in [-0.1, -0.05) is 48.2 Å². The van der Waals surface area contributed by atoms with E-state index < -0.39 is 0 Å². The van der Waals surface area contributed by atoms with Crippen LogP contribution in [-0.4, -0.2) is 21.2 Å². The van der Waals surface area contributed by atoms with Gasteiger partial charge in [0.2, 0.25) is 5.91 Å². The molecule has 4 rings (SSSR count). The number of thioether (sulfide) groups is 1. The number of rotatable bonds is 5. The molecule has 1 amide bonds. The summed E-state index contributed by atoms with van der Waals surface area (Å²) in [6.45, 7) is 5.90. The number of aromatic nitrogens is 2. The van der Waals surface area contributed by atoms with Crippen molar-refractivity contribution >= 4 is 44.9 Å². The van der Waals surface area contributed by atoms with Crippen LogP contribution in [0.4, 0.5) is 5.69 Å². The first-order valence-corrected chi connectivity index (χ1v) is 11.3. The lowest BCUT2D eigenvalue weighted by Crippen LogP contribution is -2.22. The Morgan fingerprint density at radius 2 is 1.77 bits per heavy atom. The lowest BCUT2D eigenvalue weighted by molar-refractivity contribution is -0.113. The van der Waals surface area contributed by atoms with Crippen molar-refractivity contribution in [3.8, 4) is 5.69 Å². The Morgan fingerprint density at radius 1 is 1.07 bits per heavy atom. The first kappa shape index (κ1) is 20.4. The van der Waals surface area contributed by atoms with Gasteiger partial charge >= 0.3 is 0 Å². The number of fused-ring (bicyclic) bond motifs is 1. The van der Waals surface area contributed by atoms with E-state index in [2.05, 4.69) is 5.32 Å². The van der Waals surface area contributed by atoms with Crippen molar-refractivity contribution in [2.24, 2.45) is 0 Å². The second-order valence-electron chi connectivity index (χ2n) is 7.05. The summed E-state index contributed by atoms with van der Waals surface area (Å²) in [5.41, 5.74) is 3.48. The number of nitrogens with one attached hydrogen (secondary N) is 1. The van der Waals surface area contributed by atoms with Gasteiger partial charge in [-0.25, -0.2) is 4.98 Å². The molecule has 2 aromatic heterocycles. The first-order valence-electron chi connectivity index (χ1n) is 9.51. The monoisotopic (exact) mass is 435 g/mol. The number of hydrogen-bond acceptors (Lipinski definition) is 5. The van der Waals surface area contributed by atoms with Crippen molar-refractivity contribution < 1.29 is 4.79 Å². The molecule has 0 fully saturated rings. The summed E-state index contributed by atoms with van der Waals surface area (Å²) >= 11 is 2.75. The Labute approximate surface area is 182 Å². The molecule has 7 heteroatoms. The van der Waals surface area contributed by atoms with Crippen LogP contribution in [0.25, 0.3) is 15.9 Å². The van der Waals surface area contributed by atoms with Crippen molar-refractivity contribution in [3.63, 3.8) is 0 Å². The van der Waals surface area contributed by atoms with Gasteiger partial charge in [0.05, 0.1) is 16.8 Å². The van der Waals surface area contributed by atoms with Gasteiger partial charge in [0.25, 0.3) is 5.56 Å². The van der Waals surface area contributed by atoms with Crippen molar-refractivity contribution in [1.82, 2.24) is 9.55 Å². The number of aryl methyl sites for hydroxylation is 3. The number of anilines is 1. The van der Waals surface area contributed by atoms with Gasteiger partial charge in [-0.15, -0.1) is 11.3 Å². The minimum absolute atomic E-state index is 0.117. The van der Waals surface area contributed by atoms with Crippen molar-refractivity contribution in [1.29, 1.82) is 0 Å². The van der Waals surface area contributed by atoms with Crippen LogP contribution in [0.5, 0.6) is 0 Å². The van der Waals surface area contributed by atoms with Crippen LogP contribution in [0.3, 0.4) is 0 Å². The Bertz CT molecular complexity index is 1270. The van der Waals surface area contributed by atoms with Crippen LogP contribution in [0, 0.1) is 20.8 Å². The Hall–Kier alpha value is -2.90. The maximum absolute atomic E-state index is 13.2. The van der Waals surface area contributed by atoms with E-state index in [1.54, 1.807) is 4.57 Å². The van der Waals surface area contributed by atoms with Gasteiger partial charge < -0.3 is 5.32 Å². The molecule has 5 nitrogen and oxygen atoms in total. The zero-order valence-electron chi connectivity index (χ0n) is 16.9. The maximum Gasteiger partial charge on any atom is 0.267 e. The van der Waals surface area contributed by atoms with E-state index in [9.17, 15) is 9.59 Å². The third-order valence-corrected chi connectivity index (χ3v) is 6.63. The van der Waals surface area contributed by atoms with Crippen molar-refractivity contribution in [2.75, 3.05) is 11.1 Å². The quantitative estimate of drug-likeness (QED) is 0.350. The summed E-state index contributed by atoms with van der Waals surface area (Å²) < 4.78 is 1.59. The molecule has 4 aromatic rings. The standard InChI is InChI=1S/C23H21N3O2S2/c1-14-8-7-9-15(2)20(14)24-19(27)13-29-23-25-21-18(12-16(3)30-21)22(28)26(23)17-10-5-4-6-11-17/h4-12H,13H2,1-3H3,(H,24,27). The molecule has 152 valence electrons. The number of hydrogen-bond donors (Lipinski definition) is 1. The normalized spacial score (nSPS) is 11.0. The zero-order chi connectivity index (χ0) is 21.3. The lowest BCUT2D eigenvalue weighted by atomic mass is 10.1. The number of nitrogens with zero attached hydrogens (tertiary/aromatic N) is 2. The Kier molecular flexibility index (Phi) is 5.74. The molecule has 0 aliphatic heterocycles. The molecule has 0 bridgehead atoms. The molecule has 2 aromatic carbocycles. The molecular formula is C23H21N3O2S2. The topological polar surface area (TPSA) is 64.0 Å². The molecule has 30 heavy (non-hydrogen) atoms. The second kappa shape index (κ2) is 8.45. The predicted molar refractivity (Wildman–Crippen MR) is 125 cm³/mol. The summed E-state index contributed by atoms with van der Waals surface area (Å²) in [4.78, 5) is 32.3. The molecule has 0 spiro atoms. The SMILES string of the molecule is Cc1cc2c(=O)n(-c3ccccc3)c(SCC(=O)Nc3c(C)cccc3C)nc2s1. The highest BCUT2D eigenvalue weighted by Crippen LogP contribution is 2.26. The molecule has 0 saturated heterocycles. The molecule has 0 unspecified atom stereocenters. The van der Waals surface area contributed by atoms with Crippen LogP contribution >= 0.6 is 23.1 Å². The first-order chi connectivity index (χ1) is 14.4. The summed E-state index contributed by atoms with van der Waals surface area (Å²) in [6, 6.07) is 17.2. The largest absolute Gasteiger partial charge is 0.325 e. The molecular weight excluding hydrogens is 414 g/mol.